The molecule has 0 aromatic carbocycles. The average Bonchev–Trinajstić information content (AvgIpc) is 2.68. The first-order valence-corrected chi connectivity index (χ1v) is 7.79. The summed E-state index contributed by atoms with van der Waals surface area (Å²) in [4.78, 5) is 7.71. The van der Waals surface area contributed by atoms with Crippen LogP contribution in [0.3, 0.4) is 0 Å². The van der Waals surface area contributed by atoms with Crippen LogP contribution in [0.4, 0.5) is 0 Å². The summed E-state index contributed by atoms with van der Waals surface area (Å²) < 4.78 is 0. The predicted molar refractivity (Wildman–Crippen MR) is 75.9 cm³/mol. The van der Waals surface area contributed by atoms with E-state index < -0.39 is 0 Å². The number of rotatable bonds is 4. The minimum absolute atomic E-state index is 0.145. The monoisotopic (exact) mass is 268 g/mol. The molecule has 1 aliphatic rings. The third-order valence-corrected chi connectivity index (χ3v) is 4.92. The van der Waals surface area contributed by atoms with E-state index in [0.29, 0.717) is 6.42 Å². The Bertz CT molecular complexity index is 343. The normalized spacial score (nSPS) is 20.6. The van der Waals surface area contributed by atoms with Crippen LogP contribution in [0.5, 0.6) is 0 Å². The molecule has 1 unspecified atom stereocenters. The molecule has 0 spiro atoms. The van der Waals surface area contributed by atoms with Gasteiger partial charge in [-0.05, 0) is 39.8 Å². The Balaban J connectivity index is 1.99. The molecule has 1 fully saturated rings. The molecular weight excluding hydrogens is 244 g/mol. The number of aromatic nitrogens is 1. The molecule has 2 rings (SSSR count). The van der Waals surface area contributed by atoms with Gasteiger partial charge in [0.05, 0.1) is 11.6 Å². The van der Waals surface area contributed by atoms with Gasteiger partial charge in [-0.2, -0.15) is 0 Å². The topological polar surface area (TPSA) is 36.4 Å². The summed E-state index contributed by atoms with van der Waals surface area (Å²) in [6.45, 7) is 6.58. The zero-order valence-corrected chi connectivity index (χ0v) is 12.2. The van der Waals surface area contributed by atoms with E-state index in [2.05, 4.69) is 23.7 Å². The molecule has 1 N–H and O–H groups in total. The van der Waals surface area contributed by atoms with E-state index >= 15 is 0 Å². The highest BCUT2D eigenvalue weighted by molar-refractivity contribution is 7.09. The van der Waals surface area contributed by atoms with Crippen molar-refractivity contribution in [2.45, 2.75) is 57.6 Å². The molecular formula is C14H24N2OS. The summed E-state index contributed by atoms with van der Waals surface area (Å²) in [6, 6.07) is 0. The van der Waals surface area contributed by atoms with Crippen molar-refractivity contribution < 1.29 is 5.11 Å². The maximum atomic E-state index is 10.5. The first-order chi connectivity index (χ1) is 8.60. The van der Waals surface area contributed by atoms with Crippen LogP contribution in [-0.2, 0) is 6.42 Å². The minimum atomic E-state index is -0.323. The number of aliphatic hydroxyl groups excluding tert-OH is 1. The van der Waals surface area contributed by atoms with Gasteiger partial charge in [0.1, 0.15) is 0 Å². The van der Waals surface area contributed by atoms with Gasteiger partial charge in [0.25, 0.3) is 0 Å². The zero-order valence-electron chi connectivity index (χ0n) is 11.4. The highest BCUT2D eigenvalue weighted by Gasteiger charge is 2.34. The van der Waals surface area contributed by atoms with Crippen molar-refractivity contribution in [3.63, 3.8) is 0 Å². The Morgan fingerprint density at radius 1 is 1.33 bits per heavy atom. The highest BCUT2D eigenvalue weighted by Crippen LogP contribution is 2.26. The second kappa shape index (κ2) is 6.13. The third-order valence-electron chi connectivity index (χ3n) is 4.11. The van der Waals surface area contributed by atoms with Crippen LogP contribution in [0.15, 0.2) is 11.7 Å². The van der Waals surface area contributed by atoms with E-state index in [1.807, 2.05) is 11.7 Å². The van der Waals surface area contributed by atoms with Gasteiger partial charge in [0, 0.05) is 23.0 Å². The van der Waals surface area contributed by atoms with E-state index in [4.69, 9.17) is 0 Å². The van der Waals surface area contributed by atoms with Crippen LogP contribution in [0, 0.1) is 0 Å². The molecule has 0 saturated carbocycles. The van der Waals surface area contributed by atoms with Gasteiger partial charge in [-0.25, -0.2) is 0 Å². The lowest BCUT2D eigenvalue weighted by molar-refractivity contribution is -0.00748. The van der Waals surface area contributed by atoms with Crippen molar-refractivity contribution in [1.82, 2.24) is 9.88 Å². The Hall–Kier alpha value is -0.450. The summed E-state index contributed by atoms with van der Waals surface area (Å²) >= 11 is 1.63. The number of aliphatic hydroxyl groups is 1. The molecule has 2 heterocycles. The van der Waals surface area contributed by atoms with E-state index in [9.17, 15) is 5.11 Å². The van der Waals surface area contributed by atoms with Gasteiger partial charge in [-0.3, -0.25) is 9.88 Å². The molecule has 0 radical (unpaired) electrons. The van der Waals surface area contributed by atoms with Crippen LogP contribution in [0.2, 0.25) is 0 Å². The molecule has 1 aromatic heterocycles. The summed E-state index contributed by atoms with van der Waals surface area (Å²) in [6.07, 6.45) is 7.44. The van der Waals surface area contributed by atoms with Crippen LogP contribution < -0.4 is 0 Å². The standard InChI is InChI=1S/C14H24N2OS/c1-14(2,16-7-5-3-4-6-8-16)13(17)9-12-10-15-11-18-12/h10-11,13,17H,3-9H2,1-2H3. The van der Waals surface area contributed by atoms with Crippen molar-refractivity contribution in [2.75, 3.05) is 13.1 Å². The van der Waals surface area contributed by atoms with Crippen molar-refractivity contribution in [1.29, 1.82) is 0 Å². The Kier molecular flexibility index (Phi) is 4.76. The van der Waals surface area contributed by atoms with Gasteiger partial charge < -0.3 is 5.11 Å². The number of nitrogens with zero attached hydrogens (tertiary/aromatic N) is 2. The fraction of sp³-hybridized carbons (Fsp3) is 0.786. The molecule has 1 atom stereocenters. The van der Waals surface area contributed by atoms with E-state index in [0.717, 1.165) is 13.1 Å². The van der Waals surface area contributed by atoms with Crippen LogP contribution in [-0.4, -0.2) is 39.7 Å². The van der Waals surface area contributed by atoms with Crippen LogP contribution in [0.25, 0.3) is 0 Å². The second-order valence-electron chi connectivity index (χ2n) is 5.74. The maximum Gasteiger partial charge on any atom is 0.0794 e. The van der Waals surface area contributed by atoms with Crippen LogP contribution in [0.1, 0.15) is 44.4 Å². The smallest absolute Gasteiger partial charge is 0.0794 e. The second-order valence-corrected chi connectivity index (χ2v) is 6.71. The molecule has 1 aliphatic heterocycles. The Labute approximate surface area is 114 Å². The van der Waals surface area contributed by atoms with Crippen molar-refractivity contribution >= 4 is 11.3 Å². The lowest BCUT2D eigenvalue weighted by atomic mass is 9.91. The lowest BCUT2D eigenvalue weighted by Gasteiger charge is -2.41. The lowest BCUT2D eigenvalue weighted by Crippen LogP contribution is -2.53. The highest BCUT2D eigenvalue weighted by atomic mass is 32.1. The summed E-state index contributed by atoms with van der Waals surface area (Å²) in [5, 5.41) is 10.5. The van der Waals surface area contributed by atoms with Gasteiger partial charge in [0.2, 0.25) is 0 Å². The van der Waals surface area contributed by atoms with Gasteiger partial charge >= 0.3 is 0 Å². The first-order valence-electron chi connectivity index (χ1n) is 6.91. The first kappa shape index (κ1) is 14.0. The third kappa shape index (κ3) is 3.31. The summed E-state index contributed by atoms with van der Waals surface area (Å²) in [7, 11) is 0. The Morgan fingerprint density at radius 3 is 2.56 bits per heavy atom. The molecule has 102 valence electrons. The fourth-order valence-electron chi connectivity index (χ4n) is 2.64. The predicted octanol–water partition coefficient (Wildman–Crippen LogP) is 2.70. The molecule has 18 heavy (non-hydrogen) atoms. The fourth-order valence-corrected chi connectivity index (χ4v) is 3.27. The largest absolute Gasteiger partial charge is 0.391 e. The number of hydrogen-bond acceptors (Lipinski definition) is 4. The van der Waals surface area contributed by atoms with Gasteiger partial charge in [-0.15, -0.1) is 11.3 Å². The van der Waals surface area contributed by atoms with Crippen molar-refractivity contribution in [3.05, 3.63) is 16.6 Å². The molecule has 1 aromatic rings. The summed E-state index contributed by atoms with van der Waals surface area (Å²) in [5.74, 6) is 0. The molecule has 0 aliphatic carbocycles. The van der Waals surface area contributed by atoms with Gasteiger partial charge in [-0.1, -0.05) is 12.8 Å². The number of thiazole rings is 1. The maximum absolute atomic E-state index is 10.5. The van der Waals surface area contributed by atoms with E-state index in [1.165, 1.54) is 30.6 Å². The zero-order chi connectivity index (χ0) is 13.0. The molecule has 4 heteroatoms. The average molecular weight is 268 g/mol. The molecule has 1 saturated heterocycles. The Morgan fingerprint density at radius 2 is 2.00 bits per heavy atom. The van der Waals surface area contributed by atoms with Crippen molar-refractivity contribution in [3.8, 4) is 0 Å². The minimum Gasteiger partial charge on any atom is -0.391 e. The number of hydrogen-bond donors (Lipinski definition) is 1. The van der Waals surface area contributed by atoms with E-state index in [-0.39, 0.29) is 11.6 Å². The van der Waals surface area contributed by atoms with E-state index in [1.54, 1.807) is 11.3 Å². The molecule has 3 nitrogen and oxygen atoms in total. The SMILES string of the molecule is CC(C)(C(O)Cc1cncs1)N1CCCCCC1. The molecule has 0 amide bonds. The van der Waals surface area contributed by atoms with Gasteiger partial charge in [0.15, 0.2) is 0 Å². The van der Waals surface area contributed by atoms with Crippen LogP contribution >= 0.6 is 11.3 Å². The molecule has 0 bridgehead atoms. The number of likely N-dealkylation sites (tertiary alicyclic amines) is 1. The van der Waals surface area contributed by atoms with Crippen molar-refractivity contribution in [2.24, 2.45) is 0 Å². The quantitative estimate of drug-likeness (QED) is 0.912. The summed E-state index contributed by atoms with van der Waals surface area (Å²) in [5.41, 5.74) is 1.69.